The Morgan fingerprint density at radius 2 is 2.25 bits per heavy atom. The maximum absolute atomic E-state index is 10.8. The lowest BCUT2D eigenvalue weighted by atomic mass is 9.99. The second kappa shape index (κ2) is 6.33. The molecule has 1 saturated carbocycles. The molecule has 1 aliphatic rings. The first kappa shape index (κ1) is 14.9. The highest BCUT2D eigenvalue weighted by atomic mass is 16.6. The Hall–Kier alpha value is -1.46. The molecule has 5 nitrogen and oxygen atoms in total. The van der Waals surface area contributed by atoms with Crippen molar-refractivity contribution in [3.63, 3.8) is 0 Å². The van der Waals surface area contributed by atoms with Crippen LogP contribution in [0.15, 0.2) is 24.3 Å². The molecule has 110 valence electrons. The number of nitro groups is 1. The zero-order valence-corrected chi connectivity index (χ0v) is 11.8. The average Bonchev–Trinajstić information content (AvgIpc) is 3.20. The molecule has 1 unspecified atom stereocenters. The van der Waals surface area contributed by atoms with Crippen LogP contribution in [0.2, 0.25) is 0 Å². The highest BCUT2D eigenvalue weighted by Gasteiger charge is 2.41. The van der Waals surface area contributed by atoms with Crippen molar-refractivity contribution in [2.45, 2.75) is 38.6 Å². The number of rotatable bonds is 8. The first-order chi connectivity index (χ1) is 9.60. The number of hydrogen-bond donors (Lipinski definition) is 2. The van der Waals surface area contributed by atoms with Crippen molar-refractivity contribution in [1.29, 1.82) is 0 Å². The van der Waals surface area contributed by atoms with Gasteiger partial charge in [0.25, 0.3) is 5.69 Å². The summed E-state index contributed by atoms with van der Waals surface area (Å²) in [6.07, 6.45) is 4.04. The highest BCUT2D eigenvalue weighted by Crippen LogP contribution is 2.48. The van der Waals surface area contributed by atoms with Gasteiger partial charge in [-0.1, -0.05) is 19.1 Å². The largest absolute Gasteiger partial charge is 0.396 e. The molecule has 0 amide bonds. The first-order valence-corrected chi connectivity index (χ1v) is 7.19. The van der Waals surface area contributed by atoms with Gasteiger partial charge >= 0.3 is 0 Å². The molecule has 0 radical (unpaired) electrons. The van der Waals surface area contributed by atoms with Gasteiger partial charge in [0.2, 0.25) is 0 Å². The third kappa shape index (κ3) is 3.55. The van der Waals surface area contributed by atoms with Crippen molar-refractivity contribution in [2.75, 3.05) is 13.2 Å². The van der Waals surface area contributed by atoms with E-state index in [1.165, 1.54) is 6.07 Å². The van der Waals surface area contributed by atoms with E-state index in [0.717, 1.165) is 37.8 Å². The molecule has 0 heterocycles. The molecule has 1 aromatic carbocycles. The van der Waals surface area contributed by atoms with Gasteiger partial charge in [-0.15, -0.1) is 0 Å². The summed E-state index contributed by atoms with van der Waals surface area (Å²) in [6, 6.07) is 6.96. The quantitative estimate of drug-likeness (QED) is 0.566. The average molecular weight is 278 g/mol. The first-order valence-electron chi connectivity index (χ1n) is 7.19. The lowest BCUT2D eigenvalue weighted by Crippen LogP contribution is -2.28. The minimum Gasteiger partial charge on any atom is -0.396 e. The number of hydrogen-bond acceptors (Lipinski definition) is 4. The normalized spacial score (nSPS) is 17.7. The van der Waals surface area contributed by atoms with Gasteiger partial charge in [-0.3, -0.25) is 10.1 Å². The van der Waals surface area contributed by atoms with Gasteiger partial charge in [0.1, 0.15) is 0 Å². The Labute approximate surface area is 119 Å². The van der Waals surface area contributed by atoms with Crippen molar-refractivity contribution < 1.29 is 10.0 Å². The predicted octanol–water partition coefficient (Wildman–Crippen LogP) is 2.80. The summed E-state index contributed by atoms with van der Waals surface area (Å²) >= 11 is 0. The minimum atomic E-state index is -0.357. The number of aliphatic hydroxyl groups is 1. The van der Waals surface area contributed by atoms with E-state index in [2.05, 4.69) is 12.2 Å². The van der Waals surface area contributed by atoms with Crippen molar-refractivity contribution >= 4 is 5.69 Å². The van der Waals surface area contributed by atoms with E-state index in [0.29, 0.717) is 0 Å². The van der Waals surface area contributed by atoms with Crippen LogP contribution in [-0.2, 0) is 0 Å². The van der Waals surface area contributed by atoms with Crippen molar-refractivity contribution in [1.82, 2.24) is 5.32 Å². The number of nitrogens with zero attached hydrogens (tertiary/aromatic N) is 1. The van der Waals surface area contributed by atoms with Gasteiger partial charge < -0.3 is 10.4 Å². The summed E-state index contributed by atoms with van der Waals surface area (Å²) in [5.41, 5.74) is 1.35. The summed E-state index contributed by atoms with van der Waals surface area (Å²) < 4.78 is 0. The number of nitrogens with one attached hydrogen (secondary N) is 1. The molecule has 0 aliphatic heterocycles. The minimum absolute atomic E-state index is 0.131. The van der Waals surface area contributed by atoms with Gasteiger partial charge in [-0.2, -0.15) is 0 Å². The molecule has 1 aliphatic carbocycles. The molecular weight excluding hydrogens is 256 g/mol. The molecule has 1 fully saturated rings. The SMILES string of the molecule is CCC(NCC1(CCO)CC1)c1cccc([N+](=O)[O-])c1. The molecule has 20 heavy (non-hydrogen) atoms. The molecule has 5 heteroatoms. The molecule has 0 spiro atoms. The van der Waals surface area contributed by atoms with Crippen molar-refractivity contribution in [2.24, 2.45) is 5.41 Å². The van der Waals surface area contributed by atoms with E-state index >= 15 is 0 Å². The van der Waals surface area contributed by atoms with Crippen LogP contribution in [-0.4, -0.2) is 23.2 Å². The maximum Gasteiger partial charge on any atom is 0.269 e. The fourth-order valence-corrected chi connectivity index (χ4v) is 2.62. The Kier molecular flexibility index (Phi) is 4.73. The van der Waals surface area contributed by atoms with Gasteiger partial charge in [-0.25, -0.2) is 0 Å². The van der Waals surface area contributed by atoms with Gasteiger partial charge in [-0.05, 0) is 36.7 Å². The summed E-state index contributed by atoms with van der Waals surface area (Å²) in [7, 11) is 0. The molecular formula is C15H22N2O3. The molecule has 0 saturated heterocycles. The third-order valence-corrected chi connectivity index (χ3v) is 4.21. The van der Waals surface area contributed by atoms with Crippen LogP contribution >= 0.6 is 0 Å². The fourth-order valence-electron chi connectivity index (χ4n) is 2.62. The van der Waals surface area contributed by atoms with Gasteiger partial charge in [0, 0.05) is 31.3 Å². The summed E-state index contributed by atoms with van der Waals surface area (Å²) in [4.78, 5) is 10.5. The van der Waals surface area contributed by atoms with Crippen molar-refractivity contribution in [3.05, 3.63) is 39.9 Å². The van der Waals surface area contributed by atoms with Crippen LogP contribution in [0.4, 0.5) is 5.69 Å². The number of nitro benzene ring substituents is 1. The Balaban J connectivity index is 2.01. The molecule has 1 aromatic rings. The van der Waals surface area contributed by atoms with E-state index in [4.69, 9.17) is 5.11 Å². The summed E-state index contributed by atoms with van der Waals surface area (Å²) in [5, 5.41) is 23.4. The van der Waals surface area contributed by atoms with Crippen molar-refractivity contribution in [3.8, 4) is 0 Å². The summed E-state index contributed by atoms with van der Waals surface area (Å²) in [6.45, 7) is 3.17. The maximum atomic E-state index is 10.8. The van der Waals surface area contributed by atoms with Crippen LogP contribution in [0.25, 0.3) is 0 Å². The second-order valence-electron chi connectivity index (χ2n) is 5.67. The zero-order valence-electron chi connectivity index (χ0n) is 11.8. The molecule has 0 aromatic heterocycles. The van der Waals surface area contributed by atoms with E-state index < -0.39 is 0 Å². The summed E-state index contributed by atoms with van der Waals surface area (Å²) in [5.74, 6) is 0. The topological polar surface area (TPSA) is 75.4 Å². The Morgan fingerprint density at radius 3 is 2.80 bits per heavy atom. The van der Waals surface area contributed by atoms with E-state index in [-0.39, 0.29) is 28.7 Å². The van der Waals surface area contributed by atoms with Gasteiger partial charge in [0.05, 0.1) is 4.92 Å². The zero-order chi connectivity index (χ0) is 14.6. The number of aliphatic hydroxyl groups excluding tert-OH is 1. The van der Waals surface area contributed by atoms with Crippen LogP contribution in [0.1, 0.15) is 44.2 Å². The number of benzene rings is 1. The fraction of sp³-hybridized carbons (Fsp3) is 0.600. The van der Waals surface area contributed by atoms with E-state index in [1.807, 2.05) is 6.07 Å². The standard InChI is InChI=1S/C15H22N2O3/c1-2-14(16-11-15(6-7-15)8-9-18)12-4-3-5-13(10-12)17(19)20/h3-5,10,14,16,18H,2,6-9,11H2,1H3. The van der Waals surface area contributed by atoms with Crippen LogP contribution < -0.4 is 5.32 Å². The van der Waals surface area contributed by atoms with E-state index in [9.17, 15) is 10.1 Å². The molecule has 2 rings (SSSR count). The van der Waals surface area contributed by atoms with Crippen LogP contribution in [0.3, 0.4) is 0 Å². The number of non-ortho nitro benzene ring substituents is 1. The van der Waals surface area contributed by atoms with E-state index in [1.54, 1.807) is 12.1 Å². The lowest BCUT2D eigenvalue weighted by Gasteiger charge is -2.21. The molecule has 2 N–H and O–H groups in total. The smallest absolute Gasteiger partial charge is 0.269 e. The second-order valence-corrected chi connectivity index (χ2v) is 5.67. The van der Waals surface area contributed by atoms with Crippen LogP contribution in [0, 0.1) is 15.5 Å². The van der Waals surface area contributed by atoms with Crippen LogP contribution in [0.5, 0.6) is 0 Å². The monoisotopic (exact) mass is 278 g/mol. The predicted molar refractivity (Wildman–Crippen MR) is 77.5 cm³/mol. The Morgan fingerprint density at radius 1 is 1.50 bits per heavy atom. The third-order valence-electron chi connectivity index (χ3n) is 4.21. The van der Waals surface area contributed by atoms with Gasteiger partial charge in [0.15, 0.2) is 0 Å². The highest BCUT2D eigenvalue weighted by molar-refractivity contribution is 5.35. The molecule has 1 atom stereocenters. The lowest BCUT2D eigenvalue weighted by molar-refractivity contribution is -0.384. The Bertz CT molecular complexity index is 472. The molecule has 0 bridgehead atoms.